The van der Waals surface area contributed by atoms with Crippen molar-refractivity contribution in [2.45, 2.75) is 31.4 Å². The van der Waals surface area contributed by atoms with Crippen LogP contribution in [0.4, 0.5) is 5.82 Å². The number of rotatable bonds is 3. The minimum Gasteiger partial charge on any atom is -0.378 e. The third kappa shape index (κ3) is 2.29. The number of fused-ring (bicyclic) bond motifs is 1. The minimum atomic E-state index is 0.126. The smallest absolute Gasteiger partial charge is 0.144 e. The van der Waals surface area contributed by atoms with E-state index in [9.17, 15) is 5.26 Å². The number of hydrogen-bond donors (Lipinski definition) is 2. The number of aryl methyl sites for hydroxylation is 2. The molecule has 1 fully saturated rings. The second kappa shape index (κ2) is 5.16. The summed E-state index contributed by atoms with van der Waals surface area (Å²) >= 11 is 0. The molecule has 0 spiro atoms. The first-order valence-corrected chi connectivity index (χ1v) is 6.74. The van der Waals surface area contributed by atoms with E-state index in [4.69, 9.17) is 4.74 Å². The molecule has 19 heavy (non-hydrogen) atoms. The molecule has 0 aromatic carbocycles. The van der Waals surface area contributed by atoms with E-state index in [1.54, 1.807) is 7.11 Å². The van der Waals surface area contributed by atoms with Gasteiger partial charge in [-0.05, 0) is 30.9 Å². The van der Waals surface area contributed by atoms with Gasteiger partial charge in [-0.3, -0.25) is 0 Å². The summed E-state index contributed by atoms with van der Waals surface area (Å²) in [6, 6.07) is 4.40. The summed E-state index contributed by atoms with van der Waals surface area (Å²) in [7, 11) is 1.72. The molecule has 5 nitrogen and oxygen atoms in total. The molecule has 1 saturated heterocycles. The number of ether oxygens (including phenoxy) is 1. The van der Waals surface area contributed by atoms with Gasteiger partial charge < -0.3 is 15.4 Å². The quantitative estimate of drug-likeness (QED) is 0.841. The number of methoxy groups -OCH3 is 1. The number of nitrogens with one attached hydrogen (secondary N) is 2. The number of anilines is 1. The fourth-order valence-corrected chi connectivity index (χ4v) is 2.89. The average molecular weight is 258 g/mol. The third-order valence-corrected chi connectivity index (χ3v) is 3.95. The van der Waals surface area contributed by atoms with E-state index in [1.807, 2.05) is 6.07 Å². The minimum absolute atomic E-state index is 0.126. The van der Waals surface area contributed by atoms with Crippen LogP contribution in [0.5, 0.6) is 0 Å². The molecule has 0 radical (unpaired) electrons. The zero-order valence-electron chi connectivity index (χ0n) is 11.1. The molecule has 0 bridgehead atoms. The Morgan fingerprint density at radius 3 is 3.16 bits per heavy atom. The Hall–Kier alpha value is -1.64. The lowest BCUT2D eigenvalue weighted by molar-refractivity contribution is 0.111. The number of nitrogens with zero attached hydrogens (tertiary/aromatic N) is 2. The van der Waals surface area contributed by atoms with Gasteiger partial charge in [-0.2, -0.15) is 5.26 Å². The highest BCUT2D eigenvalue weighted by atomic mass is 16.5. The van der Waals surface area contributed by atoms with Crippen molar-refractivity contribution in [3.8, 4) is 6.07 Å². The van der Waals surface area contributed by atoms with Crippen LogP contribution < -0.4 is 10.6 Å². The monoisotopic (exact) mass is 258 g/mol. The first-order valence-electron chi connectivity index (χ1n) is 6.74. The molecule has 1 aromatic rings. The van der Waals surface area contributed by atoms with Crippen molar-refractivity contribution in [1.29, 1.82) is 5.26 Å². The van der Waals surface area contributed by atoms with Crippen molar-refractivity contribution in [1.82, 2.24) is 10.3 Å². The Balaban J connectivity index is 1.86. The molecule has 1 aliphatic carbocycles. The zero-order chi connectivity index (χ0) is 13.2. The Morgan fingerprint density at radius 1 is 1.47 bits per heavy atom. The molecule has 3 rings (SSSR count). The maximum Gasteiger partial charge on any atom is 0.144 e. The lowest BCUT2D eigenvalue weighted by Crippen LogP contribution is -2.34. The van der Waals surface area contributed by atoms with Gasteiger partial charge in [0.05, 0.1) is 17.7 Å². The lowest BCUT2D eigenvalue weighted by Gasteiger charge is -2.20. The largest absolute Gasteiger partial charge is 0.378 e. The summed E-state index contributed by atoms with van der Waals surface area (Å²) in [5.41, 5.74) is 3.01. The highest BCUT2D eigenvalue weighted by molar-refractivity contribution is 5.55. The maximum absolute atomic E-state index is 9.27. The molecule has 100 valence electrons. The van der Waals surface area contributed by atoms with Gasteiger partial charge in [0.2, 0.25) is 0 Å². The third-order valence-electron chi connectivity index (χ3n) is 3.95. The molecule has 2 atom stereocenters. The first kappa shape index (κ1) is 12.4. The lowest BCUT2D eigenvalue weighted by atomic mass is 10.1. The molecule has 5 heteroatoms. The highest BCUT2D eigenvalue weighted by Gasteiger charge is 2.28. The van der Waals surface area contributed by atoms with Gasteiger partial charge in [0.25, 0.3) is 0 Å². The molecule has 2 aliphatic rings. The molecular formula is C14H18N4O. The fraction of sp³-hybridized carbons (Fsp3) is 0.571. The van der Waals surface area contributed by atoms with Crippen LogP contribution in [0.1, 0.15) is 23.2 Å². The van der Waals surface area contributed by atoms with Gasteiger partial charge in [0.1, 0.15) is 11.9 Å². The molecule has 2 heterocycles. The van der Waals surface area contributed by atoms with E-state index in [2.05, 4.69) is 21.7 Å². The van der Waals surface area contributed by atoms with Crippen LogP contribution in [-0.2, 0) is 17.6 Å². The molecule has 1 aliphatic heterocycles. The standard InChI is InChI=1S/C14H18N4O/c1-19-13-8-16-7-12(13)18-14-10(6-15)5-9-3-2-4-11(9)17-14/h5,12-13,16H,2-4,7-8H2,1H3,(H,17,18)/t12?,13-/m0/s1. The Labute approximate surface area is 113 Å². The van der Waals surface area contributed by atoms with Gasteiger partial charge in [-0.1, -0.05) is 0 Å². The maximum atomic E-state index is 9.27. The normalized spacial score (nSPS) is 25.1. The second-order valence-corrected chi connectivity index (χ2v) is 5.14. The molecule has 0 saturated carbocycles. The van der Waals surface area contributed by atoms with Crippen LogP contribution in [0, 0.1) is 11.3 Å². The van der Waals surface area contributed by atoms with Crippen LogP contribution in [-0.4, -0.2) is 37.3 Å². The van der Waals surface area contributed by atoms with Crippen LogP contribution in [0.15, 0.2) is 6.07 Å². The second-order valence-electron chi connectivity index (χ2n) is 5.14. The molecule has 2 N–H and O–H groups in total. The summed E-state index contributed by atoms with van der Waals surface area (Å²) in [5, 5.41) is 15.9. The van der Waals surface area contributed by atoms with E-state index in [0.717, 1.165) is 38.0 Å². The Morgan fingerprint density at radius 2 is 2.37 bits per heavy atom. The van der Waals surface area contributed by atoms with E-state index >= 15 is 0 Å². The summed E-state index contributed by atoms with van der Waals surface area (Å²) in [4.78, 5) is 4.64. The average Bonchev–Trinajstić information content (AvgIpc) is 3.05. The molecule has 0 amide bonds. The number of aromatic nitrogens is 1. The SMILES string of the molecule is CO[C@H]1CNCC1Nc1nc2c(cc1C#N)CCC2. The number of pyridine rings is 1. The van der Waals surface area contributed by atoms with E-state index in [1.165, 1.54) is 5.56 Å². The van der Waals surface area contributed by atoms with E-state index < -0.39 is 0 Å². The van der Waals surface area contributed by atoms with Gasteiger partial charge in [0.15, 0.2) is 0 Å². The molecule has 1 aromatic heterocycles. The Kier molecular flexibility index (Phi) is 3.36. The van der Waals surface area contributed by atoms with E-state index in [0.29, 0.717) is 11.4 Å². The van der Waals surface area contributed by atoms with E-state index in [-0.39, 0.29) is 12.1 Å². The number of nitriles is 1. The van der Waals surface area contributed by atoms with Gasteiger partial charge >= 0.3 is 0 Å². The molecular weight excluding hydrogens is 240 g/mol. The summed E-state index contributed by atoms with van der Waals surface area (Å²) in [6.45, 7) is 1.67. The van der Waals surface area contributed by atoms with Crippen molar-refractivity contribution in [3.05, 3.63) is 22.9 Å². The van der Waals surface area contributed by atoms with Gasteiger partial charge in [-0.25, -0.2) is 4.98 Å². The highest BCUT2D eigenvalue weighted by Crippen LogP contribution is 2.25. The zero-order valence-corrected chi connectivity index (χ0v) is 11.1. The van der Waals surface area contributed by atoms with Crippen LogP contribution in [0.3, 0.4) is 0 Å². The van der Waals surface area contributed by atoms with Crippen LogP contribution in [0.2, 0.25) is 0 Å². The fourth-order valence-electron chi connectivity index (χ4n) is 2.89. The summed E-state index contributed by atoms with van der Waals surface area (Å²) < 4.78 is 5.43. The van der Waals surface area contributed by atoms with Crippen LogP contribution >= 0.6 is 0 Å². The van der Waals surface area contributed by atoms with Crippen molar-refractivity contribution in [3.63, 3.8) is 0 Å². The first-order chi connectivity index (χ1) is 9.31. The topological polar surface area (TPSA) is 70.0 Å². The van der Waals surface area contributed by atoms with Gasteiger partial charge in [-0.15, -0.1) is 0 Å². The number of hydrogen-bond acceptors (Lipinski definition) is 5. The van der Waals surface area contributed by atoms with Crippen molar-refractivity contribution >= 4 is 5.82 Å². The summed E-state index contributed by atoms with van der Waals surface area (Å²) in [5.74, 6) is 0.707. The predicted octanol–water partition coefficient (Wildman–Crippen LogP) is 0.841. The summed E-state index contributed by atoms with van der Waals surface area (Å²) in [6.07, 6.45) is 3.33. The van der Waals surface area contributed by atoms with Crippen molar-refractivity contribution in [2.24, 2.45) is 0 Å². The molecule has 1 unspecified atom stereocenters. The van der Waals surface area contributed by atoms with Crippen molar-refractivity contribution in [2.75, 3.05) is 25.5 Å². The Bertz CT molecular complexity index is 523. The van der Waals surface area contributed by atoms with Crippen molar-refractivity contribution < 1.29 is 4.74 Å². The van der Waals surface area contributed by atoms with Crippen LogP contribution in [0.25, 0.3) is 0 Å². The van der Waals surface area contributed by atoms with Gasteiger partial charge in [0, 0.05) is 25.9 Å². The predicted molar refractivity (Wildman–Crippen MR) is 72.1 cm³/mol.